The Morgan fingerprint density at radius 1 is 0.969 bits per heavy atom. The molecule has 0 saturated heterocycles. The fourth-order valence-corrected chi connectivity index (χ4v) is 5.28. The van der Waals surface area contributed by atoms with Crippen LogP contribution < -0.4 is 9.47 Å². The maximum Gasteiger partial charge on any atom is 0.161 e. The number of imidazole rings is 1. The molecule has 0 fully saturated rings. The number of hydrogen-bond donors (Lipinski definition) is 1. The number of halogens is 2. The van der Waals surface area contributed by atoms with Gasteiger partial charge < -0.3 is 14.5 Å². The molecule has 4 aromatic rings. The lowest BCUT2D eigenvalue weighted by atomic mass is 10.1. The van der Waals surface area contributed by atoms with E-state index in [-0.39, 0.29) is 5.25 Å². The minimum Gasteiger partial charge on any atom is -0.493 e. The smallest absolute Gasteiger partial charge is 0.161 e. The van der Waals surface area contributed by atoms with Gasteiger partial charge in [-0.1, -0.05) is 41.4 Å². The molecule has 0 saturated carbocycles. The number of para-hydroxylation sites is 1. The number of rotatable bonds is 4. The second-order valence-electron chi connectivity index (χ2n) is 7.32. The Kier molecular flexibility index (Phi) is 5.76. The van der Waals surface area contributed by atoms with E-state index < -0.39 is 0 Å². The van der Waals surface area contributed by atoms with Gasteiger partial charge in [0.25, 0.3) is 0 Å². The molecule has 32 heavy (non-hydrogen) atoms. The summed E-state index contributed by atoms with van der Waals surface area (Å²) in [6, 6.07) is 17.7. The summed E-state index contributed by atoms with van der Waals surface area (Å²) in [5.41, 5.74) is 4.49. The van der Waals surface area contributed by atoms with E-state index in [1.54, 1.807) is 38.1 Å². The van der Waals surface area contributed by atoms with Crippen molar-refractivity contribution >= 4 is 57.4 Å². The Morgan fingerprint density at radius 3 is 2.56 bits per heavy atom. The lowest BCUT2D eigenvalue weighted by Crippen LogP contribution is -2.07. The van der Waals surface area contributed by atoms with Crippen LogP contribution in [-0.2, 0) is 0 Å². The first-order valence-electron chi connectivity index (χ1n) is 9.96. The molecule has 2 heterocycles. The van der Waals surface area contributed by atoms with Gasteiger partial charge in [-0.3, -0.25) is 0 Å². The van der Waals surface area contributed by atoms with Crippen molar-refractivity contribution in [2.45, 2.75) is 16.6 Å². The van der Waals surface area contributed by atoms with Crippen molar-refractivity contribution in [2.75, 3.05) is 14.2 Å². The van der Waals surface area contributed by atoms with E-state index in [2.05, 4.69) is 17.1 Å². The summed E-state index contributed by atoms with van der Waals surface area (Å²) in [6.07, 6.45) is 0.677. The fraction of sp³-hybridized carbons (Fsp3) is 0.167. The molecule has 0 bridgehead atoms. The molecule has 8 heteroatoms. The fourth-order valence-electron chi connectivity index (χ4n) is 3.74. The Bertz CT molecular complexity index is 1310. The highest BCUT2D eigenvalue weighted by atomic mass is 35.5. The minimum atomic E-state index is 0.109. The van der Waals surface area contributed by atoms with Crippen molar-refractivity contribution in [2.24, 2.45) is 4.99 Å². The van der Waals surface area contributed by atoms with Gasteiger partial charge in [-0.2, -0.15) is 0 Å². The zero-order valence-electron chi connectivity index (χ0n) is 17.4. The average molecular weight is 484 g/mol. The number of benzene rings is 3. The average Bonchev–Trinajstić information content (AvgIpc) is 3.10. The standard InChI is InChI=1S/C24H19Cl2N3O2S/c1-30-20-8-7-13(9-21(20)31-2)23-12-19(27-16-5-3-4-6-22(16)32-23)24-28-17-10-14(25)15(26)11-18(17)29-24/h3-11,23H,12H2,1-2H3,(H,28,29)/t23-/m0/s1. The first kappa shape index (κ1) is 21.2. The molecule has 1 aliphatic rings. The van der Waals surface area contributed by atoms with Gasteiger partial charge in [0.1, 0.15) is 0 Å². The van der Waals surface area contributed by atoms with E-state index in [9.17, 15) is 0 Å². The third kappa shape index (κ3) is 3.94. The number of hydrogen-bond acceptors (Lipinski definition) is 5. The number of thioether (sulfide) groups is 1. The summed E-state index contributed by atoms with van der Waals surface area (Å²) in [5.74, 6) is 2.12. The Balaban J connectivity index is 1.60. The highest BCUT2D eigenvalue weighted by Gasteiger charge is 2.25. The van der Waals surface area contributed by atoms with E-state index in [0.717, 1.165) is 32.9 Å². The van der Waals surface area contributed by atoms with Gasteiger partial charge in [0, 0.05) is 16.6 Å². The van der Waals surface area contributed by atoms with Crippen LogP contribution in [0.5, 0.6) is 11.5 Å². The summed E-state index contributed by atoms with van der Waals surface area (Å²) in [4.78, 5) is 14.2. The Labute approximate surface area is 199 Å². The van der Waals surface area contributed by atoms with Crippen LogP contribution in [0.25, 0.3) is 11.0 Å². The lowest BCUT2D eigenvalue weighted by molar-refractivity contribution is 0.354. The van der Waals surface area contributed by atoms with Gasteiger partial charge in [-0.25, -0.2) is 9.98 Å². The van der Waals surface area contributed by atoms with E-state index in [4.69, 9.17) is 42.7 Å². The predicted molar refractivity (Wildman–Crippen MR) is 132 cm³/mol. The SMILES string of the molecule is COc1ccc([C@@H]2CC(c3nc4cc(Cl)c(Cl)cc4[nH]3)=Nc3ccccc3S2)cc1OC. The van der Waals surface area contributed by atoms with E-state index in [1.807, 2.05) is 30.3 Å². The van der Waals surface area contributed by atoms with Gasteiger partial charge >= 0.3 is 0 Å². The highest BCUT2D eigenvalue weighted by Crippen LogP contribution is 2.46. The molecule has 0 unspecified atom stereocenters. The molecule has 0 spiro atoms. The van der Waals surface area contributed by atoms with Gasteiger partial charge in [-0.15, -0.1) is 11.8 Å². The van der Waals surface area contributed by atoms with Gasteiger partial charge in [-0.05, 0) is 42.0 Å². The van der Waals surface area contributed by atoms with Crippen LogP contribution in [0.2, 0.25) is 10.0 Å². The highest BCUT2D eigenvalue weighted by molar-refractivity contribution is 7.99. The van der Waals surface area contributed by atoms with Gasteiger partial charge in [0.2, 0.25) is 0 Å². The lowest BCUT2D eigenvalue weighted by Gasteiger charge is -2.17. The van der Waals surface area contributed by atoms with Crippen molar-refractivity contribution in [1.29, 1.82) is 0 Å². The Hall–Kier alpha value is -2.67. The molecular weight excluding hydrogens is 465 g/mol. The molecule has 0 amide bonds. The van der Waals surface area contributed by atoms with Crippen LogP contribution >= 0.6 is 35.0 Å². The number of nitrogens with zero attached hydrogens (tertiary/aromatic N) is 2. The number of fused-ring (bicyclic) bond motifs is 2. The third-order valence-electron chi connectivity index (χ3n) is 5.35. The number of ether oxygens (including phenoxy) is 2. The number of H-pyrrole nitrogens is 1. The summed E-state index contributed by atoms with van der Waals surface area (Å²) >= 11 is 14.2. The zero-order chi connectivity index (χ0) is 22.2. The Morgan fingerprint density at radius 2 is 1.75 bits per heavy atom. The molecule has 1 aromatic heterocycles. The number of aromatic nitrogens is 2. The van der Waals surface area contributed by atoms with Crippen molar-refractivity contribution < 1.29 is 9.47 Å². The molecule has 3 aromatic carbocycles. The molecular formula is C24H19Cl2N3O2S. The maximum atomic E-state index is 6.20. The second kappa shape index (κ2) is 8.70. The molecule has 1 N–H and O–H groups in total. The van der Waals surface area contributed by atoms with Gasteiger partial charge in [0.05, 0.1) is 46.7 Å². The largest absolute Gasteiger partial charge is 0.493 e. The molecule has 162 valence electrons. The van der Waals surface area contributed by atoms with E-state index >= 15 is 0 Å². The summed E-state index contributed by atoms with van der Waals surface area (Å²) in [6.45, 7) is 0. The summed E-state index contributed by atoms with van der Waals surface area (Å²) in [5, 5.41) is 1.07. The van der Waals surface area contributed by atoms with Crippen molar-refractivity contribution in [3.63, 3.8) is 0 Å². The number of nitrogens with one attached hydrogen (secondary N) is 1. The van der Waals surface area contributed by atoms with Crippen LogP contribution in [0.1, 0.15) is 23.1 Å². The van der Waals surface area contributed by atoms with Crippen LogP contribution in [0.4, 0.5) is 5.69 Å². The normalized spacial score (nSPS) is 15.8. The first-order valence-corrected chi connectivity index (χ1v) is 11.6. The molecule has 1 atom stereocenters. The molecule has 0 aliphatic carbocycles. The quantitative estimate of drug-likeness (QED) is 0.332. The second-order valence-corrected chi connectivity index (χ2v) is 9.38. The minimum absolute atomic E-state index is 0.109. The van der Waals surface area contributed by atoms with Crippen LogP contribution in [-0.4, -0.2) is 29.9 Å². The van der Waals surface area contributed by atoms with Crippen LogP contribution in [0.15, 0.2) is 64.5 Å². The molecule has 5 nitrogen and oxygen atoms in total. The molecule has 5 rings (SSSR count). The van der Waals surface area contributed by atoms with Crippen molar-refractivity contribution in [3.8, 4) is 11.5 Å². The van der Waals surface area contributed by atoms with Crippen LogP contribution in [0, 0.1) is 0 Å². The summed E-state index contributed by atoms with van der Waals surface area (Å²) < 4.78 is 10.9. The van der Waals surface area contributed by atoms with Gasteiger partial charge in [0.15, 0.2) is 17.3 Å². The monoisotopic (exact) mass is 483 g/mol. The first-order chi connectivity index (χ1) is 15.6. The third-order valence-corrected chi connectivity index (χ3v) is 7.39. The van der Waals surface area contributed by atoms with Crippen LogP contribution in [0.3, 0.4) is 0 Å². The number of aliphatic imine (C=N–C) groups is 1. The van der Waals surface area contributed by atoms with E-state index in [0.29, 0.717) is 33.8 Å². The molecule has 1 aliphatic heterocycles. The van der Waals surface area contributed by atoms with Crippen molar-refractivity contribution in [1.82, 2.24) is 9.97 Å². The van der Waals surface area contributed by atoms with Crippen molar-refractivity contribution in [3.05, 3.63) is 76.0 Å². The number of methoxy groups -OCH3 is 2. The number of aromatic amines is 1. The van der Waals surface area contributed by atoms with E-state index in [1.165, 1.54) is 0 Å². The predicted octanol–water partition coefficient (Wildman–Crippen LogP) is 7.24. The maximum absolute atomic E-state index is 6.20. The topological polar surface area (TPSA) is 59.5 Å². The molecule has 0 radical (unpaired) electrons. The zero-order valence-corrected chi connectivity index (χ0v) is 19.7. The summed E-state index contributed by atoms with van der Waals surface area (Å²) in [7, 11) is 3.29.